The van der Waals surface area contributed by atoms with Crippen molar-refractivity contribution in [2.45, 2.75) is 35.1 Å². The molecular formula is C19H22N2O2. The summed E-state index contributed by atoms with van der Waals surface area (Å²) < 4.78 is 9.55. The third kappa shape index (κ3) is 5.73. The molecule has 0 aliphatic heterocycles. The summed E-state index contributed by atoms with van der Waals surface area (Å²) in [7, 11) is 0. The molecule has 4 nitrogen and oxygen atoms in total. The normalized spacial score (nSPS) is 8.43. The molecule has 0 radical (unpaired) electrons. The third-order valence-electron chi connectivity index (χ3n) is 3.11. The average molecular weight is 310 g/mol. The lowest BCUT2D eigenvalue weighted by molar-refractivity contribution is 0.499. The van der Waals surface area contributed by atoms with Crippen LogP contribution in [-0.4, -0.2) is 0 Å². The molecule has 0 aromatic heterocycles. The van der Waals surface area contributed by atoms with Crippen LogP contribution in [0.3, 0.4) is 0 Å². The maximum absolute atomic E-state index is 8.30. The van der Waals surface area contributed by atoms with Crippen LogP contribution in [0.2, 0.25) is 0 Å². The molecule has 0 spiro atoms. The molecule has 0 aliphatic carbocycles. The molecule has 4 heteroatoms. The molecule has 120 valence electrons. The van der Waals surface area contributed by atoms with E-state index in [1.807, 2.05) is 64.1 Å². The minimum absolute atomic E-state index is 0. The van der Waals surface area contributed by atoms with Crippen LogP contribution in [0.4, 0.5) is 0 Å². The van der Waals surface area contributed by atoms with Crippen molar-refractivity contribution in [1.82, 2.24) is 0 Å². The summed E-state index contributed by atoms with van der Waals surface area (Å²) in [6.07, 6.45) is 3.33. The molecule has 0 N–H and O–H groups in total. The highest BCUT2D eigenvalue weighted by Crippen LogP contribution is 2.22. The van der Waals surface area contributed by atoms with E-state index >= 15 is 0 Å². The zero-order valence-electron chi connectivity index (χ0n) is 13.2. The number of aryl methyl sites for hydroxylation is 4. The molecule has 0 amide bonds. The van der Waals surface area contributed by atoms with Gasteiger partial charge in [0.1, 0.15) is 11.5 Å². The van der Waals surface area contributed by atoms with E-state index in [-0.39, 0.29) is 7.43 Å². The summed E-state index contributed by atoms with van der Waals surface area (Å²) in [5.74, 6) is 1.35. The summed E-state index contributed by atoms with van der Waals surface area (Å²) >= 11 is 0. The van der Waals surface area contributed by atoms with E-state index in [4.69, 9.17) is 20.0 Å². The molecule has 0 aliphatic rings. The third-order valence-corrected chi connectivity index (χ3v) is 3.11. The highest BCUT2D eigenvalue weighted by atomic mass is 16.5. The molecule has 0 heterocycles. The molecule has 0 saturated heterocycles. The van der Waals surface area contributed by atoms with Gasteiger partial charge >= 0.3 is 0 Å². The van der Waals surface area contributed by atoms with E-state index in [9.17, 15) is 0 Å². The SMILES string of the molecule is C.Cc1cccc(C)c1OC#N.Cc1cccc(C)c1OC#N. The van der Waals surface area contributed by atoms with Gasteiger partial charge in [-0.25, -0.2) is 0 Å². The summed E-state index contributed by atoms with van der Waals surface area (Å²) in [5.41, 5.74) is 3.97. The molecule has 2 aromatic rings. The number of hydrogen-bond acceptors (Lipinski definition) is 4. The van der Waals surface area contributed by atoms with Crippen LogP contribution in [0.25, 0.3) is 0 Å². The van der Waals surface area contributed by atoms with Crippen LogP contribution in [0.1, 0.15) is 29.7 Å². The van der Waals surface area contributed by atoms with Gasteiger partial charge in [0.15, 0.2) is 0 Å². The molecular weight excluding hydrogens is 288 g/mol. The number of para-hydroxylation sites is 2. The Kier molecular flexibility index (Phi) is 8.59. The summed E-state index contributed by atoms with van der Waals surface area (Å²) in [5, 5.41) is 16.6. The number of nitriles is 2. The quantitative estimate of drug-likeness (QED) is 0.735. The Morgan fingerprint density at radius 2 is 0.913 bits per heavy atom. The van der Waals surface area contributed by atoms with Crippen molar-refractivity contribution in [2.75, 3.05) is 0 Å². The Morgan fingerprint density at radius 3 is 1.13 bits per heavy atom. The van der Waals surface area contributed by atoms with Crippen molar-refractivity contribution >= 4 is 0 Å². The zero-order valence-corrected chi connectivity index (χ0v) is 13.2. The van der Waals surface area contributed by atoms with Crippen LogP contribution in [0, 0.1) is 50.7 Å². The standard InChI is InChI=1S/2C9H9NO.CH4/c2*1-7-4-3-5-8(2)9(7)11-6-10;/h2*3-5H,1-2H3;1H4. The monoisotopic (exact) mass is 310 g/mol. The second-order valence-electron chi connectivity index (χ2n) is 4.83. The maximum atomic E-state index is 8.30. The zero-order chi connectivity index (χ0) is 16.5. The Hall–Kier alpha value is -2.98. The summed E-state index contributed by atoms with van der Waals surface area (Å²) in [6.45, 7) is 7.67. The lowest BCUT2D eigenvalue weighted by Gasteiger charge is -2.03. The fourth-order valence-corrected chi connectivity index (χ4v) is 2.01. The van der Waals surface area contributed by atoms with E-state index in [2.05, 4.69) is 0 Å². The van der Waals surface area contributed by atoms with Crippen molar-refractivity contribution in [3.63, 3.8) is 0 Å². The molecule has 0 unspecified atom stereocenters. The smallest absolute Gasteiger partial charge is 0.292 e. The van der Waals surface area contributed by atoms with E-state index < -0.39 is 0 Å². The Balaban J connectivity index is 0.000000403. The maximum Gasteiger partial charge on any atom is 0.292 e. The van der Waals surface area contributed by atoms with Crippen LogP contribution < -0.4 is 9.47 Å². The van der Waals surface area contributed by atoms with E-state index in [1.54, 1.807) is 12.5 Å². The number of benzene rings is 2. The molecule has 0 fully saturated rings. The second-order valence-corrected chi connectivity index (χ2v) is 4.83. The topological polar surface area (TPSA) is 66.0 Å². The molecule has 0 atom stereocenters. The van der Waals surface area contributed by atoms with Gasteiger partial charge in [0, 0.05) is 0 Å². The van der Waals surface area contributed by atoms with Gasteiger partial charge in [-0.2, -0.15) is 0 Å². The van der Waals surface area contributed by atoms with Gasteiger partial charge < -0.3 is 9.47 Å². The second kappa shape index (κ2) is 9.87. The first-order valence-corrected chi connectivity index (χ1v) is 6.75. The lowest BCUT2D eigenvalue weighted by Crippen LogP contribution is -1.88. The first-order valence-electron chi connectivity index (χ1n) is 6.75. The van der Waals surface area contributed by atoms with Gasteiger partial charge in [-0.05, 0) is 49.9 Å². The number of ether oxygens (including phenoxy) is 2. The van der Waals surface area contributed by atoms with E-state index in [1.165, 1.54) is 0 Å². The lowest BCUT2D eigenvalue weighted by atomic mass is 10.1. The average Bonchev–Trinajstić information content (AvgIpc) is 2.48. The fraction of sp³-hybridized carbons (Fsp3) is 0.263. The van der Waals surface area contributed by atoms with Crippen molar-refractivity contribution in [3.8, 4) is 24.0 Å². The highest BCUT2D eigenvalue weighted by molar-refractivity contribution is 5.41. The van der Waals surface area contributed by atoms with Gasteiger partial charge in [0.25, 0.3) is 12.5 Å². The minimum atomic E-state index is 0. The number of nitrogens with zero attached hydrogens (tertiary/aromatic N) is 2. The van der Waals surface area contributed by atoms with Crippen molar-refractivity contribution in [2.24, 2.45) is 0 Å². The predicted molar refractivity (Wildman–Crippen MR) is 91.0 cm³/mol. The van der Waals surface area contributed by atoms with Crippen LogP contribution in [-0.2, 0) is 0 Å². The van der Waals surface area contributed by atoms with E-state index in [0.717, 1.165) is 22.3 Å². The van der Waals surface area contributed by atoms with Gasteiger partial charge in [-0.3, -0.25) is 0 Å². The number of hydrogen-bond donors (Lipinski definition) is 0. The largest absolute Gasteiger partial charge is 0.387 e. The van der Waals surface area contributed by atoms with Gasteiger partial charge in [-0.1, -0.05) is 43.8 Å². The van der Waals surface area contributed by atoms with Crippen LogP contribution in [0.5, 0.6) is 11.5 Å². The van der Waals surface area contributed by atoms with Crippen molar-refractivity contribution in [1.29, 1.82) is 10.5 Å². The molecule has 23 heavy (non-hydrogen) atoms. The Labute approximate surface area is 138 Å². The van der Waals surface area contributed by atoms with Crippen LogP contribution in [0.15, 0.2) is 36.4 Å². The van der Waals surface area contributed by atoms with Gasteiger partial charge in [0.05, 0.1) is 0 Å². The Morgan fingerprint density at radius 1 is 0.652 bits per heavy atom. The first-order chi connectivity index (χ1) is 10.5. The molecule has 2 aromatic carbocycles. The van der Waals surface area contributed by atoms with E-state index in [0.29, 0.717) is 11.5 Å². The summed E-state index contributed by atoms with van der Waals surface area (Å²) in [6, 6.07) is 11.5. The number of rotatable bonds is 2. The molecule has 2 rings (SSSR count). The van der Waals surface area contributed by atoms with Crippen LogP contribution >= 0.6 is 0 Å². The summed E-state index contributed by atoms with van der Waals surface area (Å²) in [4.78, 5) is 0. The van der Waals surface area contributed by atoms with Crippen molar-refractivity contribution < 1.29 is 9.47 Å². The van der Waals surface area contributed by atoms with Gasteiger partial charge in [-0.15, -0.1) is 10.5 Å². The highest BCUT2D eigenvalue weighted by Gasteiger charge is 2.01. The van der Waals surface area contributed by atoms with Crippen molar-refractivity contribution in [3.05, 3.63) is 58.7 Å². The molecule has 0 saturated carbocycles. The fourth-order valence-electron chi connectivity index (χ4n) is 2.01. The molecule has 0 bridgehead atoms. The minimum Gasteiger partial charge on any atom is -0.387 e. The Bertz CT molecular complexity index is 621. The van der Waals surface area contributed by atoms with Gasteiger partial charge in [0.2, 0.25) is 0 Å². The predicted octanol–water partition coefficient (Wildman–Crippen LogP) is 4.96. The first kappa shape index (κ1) is 20.0.